The highest BCUT2D eigenvalue weighted by Crippen LogP contribution is 2.26. The first kappa shape index (κ1) is 17.1. The van der Waals surface area contributed by atoms with Gasteiger partial charge in [0.1, 0.15) is 5.15 Å². The maximum Gasteiger partial charge on any atom is 0.282 e. The smallest absolute Gasteiger partial charge is 0.282 e. The van der Waals surface area contributed by atoms with Crippen LogP contribution >= 0.6 is 11.6 Å². The Balaban J connectivity index is 1.73. The highest BCUT2D eigenvalue weighted by Gasteiger charge is 2.22. The van der Waals surface area contributed by atoms with Gasteiger partial charge in [0.25, 0.3) is 10.0 Å². The molecule has 1 aliphatic rings. The van der Waals surface area contributed by atoms with Gasteiger partial charge in [-0.1, -0.05) is 18.5 Å². The highest BCUT2D eigenvalue weighted by molar-refractivity contribution is 7.92. The third-order valence-corrected chi connectivity index (χ3v) is 6.23. The van der Waals surface area contributed by atoms with Crippen molar-refractivity contribution in [2.24, 2.45) is 13.0 Å². The molecule has 0 bridgehead atoms. The summed E-state index contributed by atoms with van der Waals surface area (Å²) < 4.78 is 28.7. The lowest BCUT2D eigenvalue weighted by molar-refractivity contribution is 0.438. The average molecular weight is 369 g/mol. The van der Waals surface area contributed by atoms with Gasteiger partial charge in [0.15, 0.2) is 0 Å². The van der Waals surface area contributed by atoms with E-state index in [0.717, 1.165) is 24.7 Å². The number of nitrogens with zero attached hydrogens (tertiary/aromatic N) is 3. The van der Waals surface area contributed by atoms with Crippen LogP contribution in [0.2, 0.25) is 5.15 Å². The van der Waals surface area contributed by atoms with Crippen LogP contribution in [0.3, 0.4) is 0 Å². The van der Waals surface area contributed by atoms with Crippen molar-refractivity contribution in [1.29, 1.82) is 0 Å². The Kier molecular flexibility index (Phi) is 4.73. The van der Waals surface area contributed by atoms with Gasteiger partial charge in [0, 0.05) is 31.5 Å². The molecule has 3 rings (SSSR count). The molecule has 0 saturated carbocycles. The average Bonchev–Trinajstić information content (AvgIpc) is 2.89. The van der Waals surface area contributed by atoms with Gasteiger partial charge < -0.3 is 9.47 Å². The summed E-state index contributed by atoms with van der Waals surface area (Å²) in [5.74, 6) is 0.774. The summed E-state index contributed by atoms with van der Waals surface area (Å²) >= 11 is 5.97. The van der Waals surface area contributed by atoms with E-state index in [-0.39, 0.29) is 10.2 Å². The molecule has 0 unspecified atom stereocenters. The molecule has 1 N–H and O–H groups in total. The number of hydrogen-bond donors (Lipinski definition) is 1. The number of benzene rings is 1. The lowest BCUT2D eigenvalue weighted by atomic mass is 9.99. The molecule has 130 valence electrons. The van der Waals surface area contributed by atoms with Gasteiger partial charge in [0.2, 0.25) is 5.03 Å². The molecule has 0 amide bonds. The first-order valence-electron chi connectivity index (χ1n) is 7.91. The van der Waals surface area contributed by atoms with E-state index < -0.39 is 10.0 Å². The fourth-order valence-electron chi connectivity index (χ4n) is 2.78. The molecule has 24 heavy (non-hydrogen) atoms. The third-order valence-electron chi connectivity index (χ3n) is 4.36. The molecule has 8 heteroatoms. The van der Waals surface area contributed by atoms with Crippen molar-refractivity contribution >= 4 is 33.0 Å². The van der Waals surface area contributed by atoms with E-state index in [2.05, 4.69) is 21.5 Å². The maximum atomic E-state index is 12.4. The van der Waals surface area contributed by atoms with Crippen LogP contribution in [-0.4, -0.2) is 31.1 Å². The van der Waals surface area contributed by atoms with Crippen LogP contribution in [0.15, 0.2) is 35.6 Å². The molecule has 6 nitrogen and oxygen atoms in total. The lowest BCUT2D eigenvalue weighted by Gasteiger charge is -2.32. The standard InChI is InChI=1S/C16H21ClN4O2S/c1-12-7-9-21(10-8-12)14-5-3-13(4-6-14)19-24(22,23)16-15(17)20(2)11-18-16/h3-6,11-12,19H,7-10H2,1-2H3. The molecule has 1 aliphatic heterocycles. The third kappa shape index (κ3) is 3.52. The van der Waals surface area contributed by atoms with Crippen molar-refractivity contribution < 1.29 is 8.42 Å². The van der Waals surface area contributed by atoms with Crippen LogP contribution < -0.4 is 9.62 Å². The summed E-state index contributed by atoms with van der Waals surface area (Å²) in [6.45, 7) is 4.35. The summed E-state index contributed by atoms with van der Waals surface area (Å²) in [5, 5.41) is -0.0812. The Labute approximate surface area is 147 Å². The van der Waals surface area contributed by atoms with Crippen LogP contribution in [0.4, 0.5) is 11.4 Å². The van der Waals surface area contributed by atoms with Crippen LogP contribution in [0, 0.1) is 5.92 Å². The van der Waals surface area contributed by atoms with E-state index in [1.54, 1.807) is 19.2 Å². The van der Waals surface area contributed by atoms with Crippen molar-refractivity contribution in [2.75, 3.05) is 22.7 Å². The SMILES string of the molecule is CC1CCN(c2ccc(NS(=O)(=O)c3ncn(C)c3Cl)cc2)CC1. The zero-order valence-corrected chi connectivity index (χ0v) is 15.3. The number of halogens is 1. The maximum absolute atomic E-state index is 12.4. The molecule has 0 atom stereocenters. The fourth-order valence-corrected chi connectivity index (χ4v) is 4.28. The molecule has 1 saturated heterocycles. The number of anilines is 2. The summed E-state index contributed by atoms with van der Waals surface area (Å²) in [6.07, 6.45) is 3.75. The second kappa shape index (κ2) is 6.64. The number of sulfonamides is 1. The minimum absolute atomic E-state index is 0.0848. The Morgan fingerprint density at radius 1 is 1.21 bits per heavy atom. The summed E-state index contributed by atoms with van der Waals surface area (Å²) in [4.78, 5) is 6.18. The van der Waals surface area contributed by atoms with Crippen LogP contribution in [0.1, 0.15) is 19.8 Å². The minimum Gasteiger partial charge on any atom is -0.372 e. The predicted octanol–water partition coefficient (Wildman–Crippen LogP) is 3.11. The predicted molar refractivity (Wildman–Crippen MR) is 96.1 cm³/mol. The molecule has 0 radical (unpaired) electrons. The van der Waals surface area contributed by atoms with Gasteiger partial charge in [0.05, 0.1) is 6.33 Å². The lowest BCUT2D eigenvalue weighted by Crippen LogP contribution is -2.32. The van der Waals surface area contributed by atoms with Crippen LogP contribution in [0.25, 0.3) is 0 Å². The van der Waals surface area contributed by atoms with Gasteiger partial charge in [-0.3, -0.25) is 4.72 Å². The van der Waals surface area contributed by atoms with E-state index in [1.807, 2.05) is 12.1 Å². The number of imidazole rings is 1. The number of nitrogens with one attached hydrogen (secondary N) is 1. The van der Waals surface area contributed by atoms with E-state index in [9.17, 15) is 8.42 Å². The Hall–Kier alpha value is -1.73. The Bertz CT molecular complexity index is 809. The number of hydrogen-bond acceptors (Lipinski definition) is 4. The normalized spacial score (nSPS) is 16.4. The molecular formula is C16H21ClN4O2S. The van der Waals surface area contributed by atoms with Crippen molar-refractivity contribution in [3.63, 3.8) is 0 Å². The molecule has 2 aromatic rings. The summed E-state index contributed by atoms with van der Waals surface area (Å²) in [7, 11) is -2.15. The van der Waals surface area contributed by atoms with Gasteiger partial charge in [-0.15, -0.1) is 0 Å². The largest absolute Gasteiger partial charge is 0.372 e. The molecule has 2 heterocycles. The van der Waals surface area contributed by atoms with Crippen LogP contribution in [-0.2, 0) is 17.1 Å². The van der Waals surface area contributed by atoms with E-state index in [4.69, 9.17) is 11.6 Å². The van der Waals surface area contributed by atoms with Crippen LogP contribution in [0.5, 0.6) is 0 Å². The number of rotatable bonds is 4. The zero-order chi connectivity index (χ0) is 17.3. The molecule has 1 aromatic heterocycles. The van der Waals surface area contributed by atoms with Crippen molar-refractivity contribution in [2.45, 2.75) is 24.8 Å². The fraction of sp³-hybridized carbons (Fsp3) is 0.438. The van der Waals surface area contributed by atoms with Crippen molar-refractivity contribution in [3.8, 4) is 0 Å². The Morgan fingerprint density at radius 2 is 1.83 bits per heavy atom. The van der Waals surface area contributed by atoms with E-state index >= 15 is 0 Å². The Morgan fingerprint density at radius 3 is 2.38 bits per heavy atom. The van der Waals surface area contributed by atoms with Crippen molar-refractivity contribution in [1.82, 2.24) is 9.55 Å². The molecule has 0 spiro atoms. The zero-order valence-electron chi connectivity index (χ0n) is 13.7. The topological polar surface area (TPSA) is 67.2 Å². The number of piperidine rings is 1. The second-order valence-corrected chi connectivity index (χ2v) is 8.23. The van der Waals surface area contributed by atoms with Gasteiger partial charge >= 0.3 is 0 Å². The molecular weight excluding hydrogens is 348 g/mol. The monoisotopic (exact) mass is 368 g/mol. The van der Waals surface area contributed by atoms with Gasteiger partial charge in [-0.2, -0.15) is 8.42 Å². The summed E-state index contributed by atoms with van der Waals surface area (Å²) in [6, 6.07) is 7.41. The second-order valence-electron chi connectivity index (χ2n) is 6.27. The van der Waals surface area contributed by atoms with Crippen molar-refractivity contribution in [3.05, 3.63) is 35.7 Å². The molecule has 0 aliphatic carbocycles. The highest BCUT2D eigenvalue weighted by atomic mass is 35.5. The minimum atomic E-state index is -3.80. The first-order valence-corrected chi connectivity index (χ1v) is 9.77. The van der Waals surface area contributed by atoms with E-state index in [1.165, 1.54) is 23.7 Å². The summed E-state index contributed by atoms with van der Waals surface area (Å²) in [5.41, 5.74) is 1.60. The number of aryl methyl sites for hydroxylation is 1. The van der Waals surface area contributed by atoms with Gasteiger partial charge in [-0.05, 0) is 43.0 Å². The quantitative estimate of drug-likeness (QED) is 0.900. The molecule has 1 aromatic carbocycles. The number of aromatic nitrogens is 2. The van der Waals surface area contributed by atoms with E-state index in [0.29, 0.717) is 5.69 Å². The van der Waals surface area contributed by atoms with Gasteiger partial charge in [-0.25, -0.2) is 4.98 Å². The first-order chi connectivity index (χ1) is 11.4. The molecule has 1 fully saturated rings.